The first kappa shape index (κ1) is 26.4. The van der Waals surface area contributed by atoms with E-state index in [1.165, 1.54) is 97.4 Å². The molecule has 48 heavy (non-hydrogen) atoms. The van der Waals surface area contributed by atoms with Crippen molar-refractivity contribution < 1.29 is 0 Å². The molecular formula is C45H30N2S. The molecule has 10 aromatic rings. The van der Waals surface area contributed by atoms with Crippen molar-refractivity contribution in [3.05, 3.63) is 157 Å². The zero-order chi connectivity index (χ0) is 31.7. The minimum atomic E-state index is -0.0648. The van der Waals surface area contributed by atoms with E-state index in [-0.39, 0.29) is 5.41 Å². The first-order valence-electron chi connectivity index (χ1n) is 16.7. The molecule has 3 heteroatoms. The summed E-state index contributed by atoms with van der Waals surface area (Å²) in [6, 6.07) is 54.3. The SMILES string of the molecule is CC1(C)c2ccccc2-c2ccc(-n3c4ccccc4c4cc5c6cc7sc8ccccc8c7cc6n(-c6ccccc6)c5cc43)cc21. The van der Waals surface area contributed by atoms with Gasteiger partial charge in [-0.25, -0.2) is 0 Å². The van der Waals surface area contributed by atoms with Gasteiger partial charge in [-0.3, -0.25) is 0 Å². The van der Waals surface area contributed by atoms with Crippen molar-refractivity contribution in [1.29, 1.82) is 0 Å². The second kappa shape index (κ2) is 9.25. The third-order valence-electron chi connectivity index (χ3n) is 10.9. The van der Waals surface area contributed by atoms with Crippen molar-refractivity contribution in [3.63, 3.8) is 0 Å². The van der Waals surface area contributed by atoms with Crippen LogP contribution in [0.3, 0.4) is 0 Å². The van der Waals surface area contributed by atoms with Crippen LogP contribution in [-0.2, 0) is 5.41 Å². The van der Waals surface area contributed by atoms with Crippen LogP contribution in [0.1, 0.15) is 25.0 Å². The Morgan fingerprint density at radius 1 is 0.396 bits per heavy atom. The van der Waals surface area contributed by atoms with E-state index in [0.29, 0.717) is 0 Å². The van der Waals surface area contributed by atoms with E-state index >= 15 is 0 Å². The molecule has 0 amide bonds. The van der Waals surface area contributed by atoms with Crippen LogP contribution in [0, 0.1) is 0 Å². The lowest BCUT2D eigenvalue weighted by molar-refractivity contribution is 0.660. The third-order valence-corrected chi connectivity index (χ3v) is 12.0. The molecular weight excluding hydrogens is 601 g/mol. The predicted molar refractivity (Wildman–Crippen MR) is 206 cm³/mol. The van der Waals surface area contributed by atoms with Gasteiger partial charge in [-0.05, 0) is 82.9 Å². The second-order valence-electron chi connectivity index (χ2n) is 13.8. The quantitative estimate of drug-likeness (QED) is 0.180. The number of para-hydroxylation sites is 2. The molecule has 0 radical (unpaired) electrons. The molecule has 3 heterocycles. The van der Waals surface area contributed by atoms with E-state index in [2.05, 4.69) is 169 Å². The molecule has 11 rings (SSSR count). The lowest BCUT2D eigenvalue weighted by atomic mass is 9.82. The summed E-state index contributed by atoms with van der Waals surface area (Å²) in [5.41, 5.74) is 12.7. The fourth-order valence-electron chi connectivity index (χ4n) is 8.66. The van der Waals surface area contributed by atoms with Crippen LogP contribution < -0.4 is 0 Å². The van der Waals surface area contributed by atoms with E-state index in [9.17, 15) is 0 Å². The van der Waals surface area contributed by atoms with Crippen LogP contribution in [0.15, 0.2) is 146 Å². The van der Waals surface area contributed by atoms with Crippen molar-refractivity contribution in [2.24, 2.45) is 0 Å². The molecule has 2 nitrogen and oxygen atoms in total. The number of nitrogens with zero attached hydrogens (tertiary/aromatic N) is 2. The largest absolute Gasteiger partial charge is 0.309 e. The zero-order valence-corrected chi connectivity index (χ0v) is 27.5. The first-order valence-corrected chi connectivity index (χ1v) is 17.5. The van der Waals surface area contributed by atoms with Gasteiger partial charge in [-0.1, -0.05) is 98.8 Å². The van der Waals surface area contributed by atoms with Crippen LogP contribution in [0.4, 0.5) is 0 Å². The summed E-state index contributed by atoms with van der Waals surface area (Å²) in [7, 11) is 0. The minimum Gasteiger partial charge on any atom is -0.309 e. The van der Waals surface area contributed by atoms with Crippen molar-refractivity contribution >= 4 is 75.1 Å². The molecule has 0 atom stereocenters. The van der Waals surface area contributed by atoms with Crippen LogP contribution >= 0.6 is 11.3 Å². The highest BCUT2D eigenvalue weighted by Gasteiger charge is 2.35. The van der Waals surface area contributed by atoms with Crippen molar-refractivity contribution in [2.75, 3.05) is 0 Å². The summed E-state index contributed by atoms with van der Waals surface area (Å²) in [4.78, 5) is 0. The summed E-state index contributed by atoms with van der Waals surface area (Å²) in [5.74, 6) is 0. The molecule has 0 bridgehead atoms. The van der Waals surface area contributed by atoms with E-state index in [0.717, 1.165) is 0 Å². The van der Waals surface area contributed by atoms with Gasteiger partial charge in [0.2, 0.25) is 0 Å². The van der Waals surface area contributed by atoms with Gasteiger partial charge in [-0.2, -0.15) is 0 Å². The van der Waals surface area contributed by atoms with Gasteiger partial charge in [0, 0.05) is 58.5 Å². The molecule has 7 aromatic carbocycles. The standard InChI is InChI=1S/C45H30N2S/c1-45(2)37-17-9-6-14-29(37)30-21-20-28(22-38(30)45)47-39-18-10-7-15-31(39)33-23-34-35-25-44-36(32-16-8-11-19-43(32)48-44)24-40(35)46(42(34)26-41(33)47)27-12-4-3-5-13-27/h3-26H,1-2H3. The van der Waals surface area contributed by atoms with E-state index in [1.807, 2.05) is 11.3 Å². The third kappa shape index (κ3) is 3.36. The van der Waals surface area contributed by atoms with Gasteiger partial charge in [0.1, 0.15) is 0 Å². The molecule has 1 aliphatic carbocycles. The number of hydrogen-bond donors (Lipinski definition) is 0. The van der Waals surface area contributed by atoms with Gasteiger partial charge in [0.05, 0.1) is 22.1 Å². The Bertz CT molecular complexity index is 2970. The highest BCUT2D eigenvalue weighted by molar-refractivity contribution is 7.25. The Balaban J connectivity index is 1.26. The van der Waals surface area contributed by atoms with Crippen molar-refractivity contribution in [1.82, 2.24) is 9.13 Å². The topological polar surface area (TPSA) is 9.86 Å². The molecule has 0 N–H and O–H groups in total. The average molecular weight is 631 g/mol. The van der Waals surface area contributed by atoms with Crippen LogP contribution in [0.5, 0.6) is 0 Å². The average Bonchev–Trinajstić information content (AvgIpc) is 3.82. The van der Waals surface area contributed by atoms with Gasteiger partial charge in [-0.15, -0.1) is 11.3 Å². The van der Waals surface area contributed by atoms with Crippen molar-refractivity contribution in [2.45, 2.75) is 19.3 Å². The Labute approximate surface area is 281 Å². The van der Waals surface area contributed by atoms with Crippen molar-refractivity contribution in [3.8, 4) is 22.5 Å². The molecule has 1 aliphatic rings. The Kier molecular flexibility index (Phi) is 5.09. The smallest absolute Gasteiger partial charge is 0.0562 e. The highest BCUT2D eigenvalue weighted by Crippen LogP contribution is 2.50. The molecule has 0 fully saturated rings. The molecule has 0 saturated heterocycles. The monoisotopic (exact) mass is 630 g/mol. The van der Waals surface area contributed by atoms with Crippen LogP contribution in [0.2, 0.25) is 0 Å². The molecule has 226 valence electrons. The number of thiophene rings is 1. The fourth-order valence-corrected chi connectivity index (χ4v) is 9.79. The number of benzene rings is 7. The summed E-state index contributed by atoms with van der Waals surface area (Å²) in [6.07, 6.45) is 0. The number of aromatic nitrogens is 2. The van der Waals surface area contributed by atoms with Gasteiger partial charge < -0.3 is 9.13 Å². The van der Waals surface area contributed by atoms with Gasteiger partial charge in [0.25, 0.3) is 0 Å². The summed E-state index contributed by atoms with van der Waals surface area (Å²) in [6.45, 7) is 4.73. The number of rotatable bonds is 2. The zero-order valence-electron chi connectivity index (χ0n) is 26.7. The minimum absolute atomic E-state index is 0.0648. The summed E-state index contributed by atoms with van der Waals surface area (Å²) in [5, 5.41) is 7.79. The van der Waals surface area contributed by atoms with E-state index in [4.69, 9.17) is 0 Å². The molecule has 0 aliphatic heterocycles. The van der Waals surface area contributed by atoms with Crippen LogP contribution in [-0.4, -0.2) is 9.13 Å². The normalized spacial score (nSPS) is 13.8. The predicted octanol–water partition coefficient (Wildman–Crippen LogP) is 12.6. The Hall–Kier alpha value is -5.64. The maximum absolute atomic E-state index is 2.49. The molecule has 0 spiro atoms. The lowest BCUT2D eigenvalue weighted by Gasteiger charge is -2.22. The molecule has 3 aromatic heterocycles. The fraction of sp³-hybridized carbons (Fsp3) is 0.0667. The molecule has 0 saturated carbocycles. The molecule has 0 unspecified atom stereocenters. The lowest BCUT2D eigenvalue weighted by Crippen LogP contribution is -2.15. The Morgan fingerprint density at radius 3 is 1.92 bits per heavy atom. The maximum Gasteiger partial charge on any atom is 0.0562 e. The van der Waals surface area contributed by atoms with E-state index < -0.39 is 0 Å². The Morgan fingerprint density at radius 2 is 1.04 bits per heavy atom. The van der Waals surface area contributed by atoms with Gasteiger partial charge >= 0.3 is 0 Å². The summed E-state index contributed by atoms with van der Waals surface area (Å²) < 4.78 is 7.63. The highest BCUT2D eigenvalue weighted by atomic mass is 32.1. The number of fused-ring (bicyclic) bond motifs is 12. The number of hydrogen-bond acceptors (Lipinski definition) is 1. The van der Waals surface area contributed by atoms with E-state index in [1.54, 1.807) is 0 Å². The summed E-state index contributed by atoms with van der Waals surface area (Å²) >= 11 is 1.89. The first-order chi connectivity index (χ1) is 23.6. The van der Waals surface area contributed by atoms with Crippen LogP contribution in [0.25, 0.3) is 86.3 Å². The van der Waals surface area contributed by atoms with Gasteiger partial charge in [0.15, 0.2) is 0 Å². The maximum atomic E-state index is 2.49. The second-order valence-corrected chi connectivity index (χ2v) is 14.9.